The number of rotatable bonds is 0. The number of nitrogens with two attached hydrogens (primary N) is 1. The van der Waals surface area contributed by atoms with Gasteiger partial charge in [-0.15, -0.1) is 0 Å². The van der Waals surface area contributed by atoms with Crippen LogP contribution in [0.25, 0.3) is 0 Å². The monoisotopic (exact) mass is 210 g/mol. The van der Waals surface area contributed by atoms with Gasteiger partial charge in [-0.2, -0.15) is 0 Å². The highest BCUT2D eigenvalue weighted by Gasteiger charge is 2.44. The summed E-state index contributed by atoms with van der Waals surface area (Å²) in [6.45, 7) is 10.6. The van der Waals surface area contributed by atoms with Crippen LogP contribution in [0, 0.1) is 5.41 Å². The molecule has 1 atom stereocenters. The highest BCUT2D eigenvalue weighted by molar-refractivity contribution is 5.21. The van der Waals surface area contributed by atoms with Crippen molar-refractivity contribution in [1.82, 2.24) is 4.90 Å². The van der Waals surface area contributed by atoms with Crippen LogP contribution in [0.2, 0.25) is 0 Å². The van der Waals surface area contributed by atoms with Crippen LogP contribution in [0.1, 0.15) is 39.5 Å². The normalized spacial score (nSPS) is 30.1. The minimum absolute atomic E-state index is 0.312. The fraction of sp³-hybridized carbons (Fsp3) is 0.846. The molecule has 0 radical (unpaired) electrons. The van der Waals surface area contributed by atoms with E-state index in [1.807, 2.05) is 13.8 Å². The first kappa shape index (κ1) is 12.7. The lowest BCUT2D eigenvalue weighted by molar-refractivity contribution is 0.144. The highest BCUT2D eigenvalue weighted by Crippen LogP contribution is 2.48. The molecular weight excluding hydrogens is 184 g/mol. The molecule has 0 bridgehead atoms. The summed E-state index contributed by atoms with van der Waals surface area (Å²) in [6.07, 6.45) is 4.76. The molecule has 2 aliphatic rings. The lowest BCUT2D eigenvalue weighted by atomic mass is 9.72. The van der Waals surface area contributed by atoms with Crippen LogP contribution in [0.4, 0.5) is 0 Å². The van der Waals surface area contributed by atoms with Crippen LogP contribution >= 0.6 is 0 Å². The first-order chi connectivity index (χ1) is 7.15. The summed E-state index contributed by atoms with van der Waals surface area (Å²) >= 11 is 0. The van der Waals surface area contributed by atoms with Gasteiger partial charge in [-0.25, -0.2) is 0 Å². The lowest BCUT2D eigenvalue weighted by Gasteiger charge is -2.41. The van der Waals surface area contributed by atoms with Crippen molar-refractivity contribution in [1.29, 1.82) is 0 Å². The van der Waals surface area contributed by atoms with E-state index in [1.165, 1.54) is 31.5 Å². The molecule has 1 unspecified atom stereocenters. The van der Waals surface area contributed by atoms with Gasteiger partial charge in [-0.05, 0) is 45.8 Å². The second kappa shape index (κ2) is 5.13. The van der Waals surface area contributed by atoms with Crippen LogP contribution in [0.15, 0.2) is 12.2 Å². The van der Waals surface area contributed by atoms with Gasteiger partial charge in [0.15, 0.2) is 0 Å². The van der Waals surface area contributed by atoms with Gasteiger partial charge in [0.1, 0.15) is 0 Å². The quantitative estimate of drug-likeness (QED) is 0.622. The zero-order valence-electron chi connectivity index (χ0n) is 10.6. The molecule has 2 rings (SSSR count). The lowest BCUT2D eigenvalue weighted by Crippen LogP contribution is -2.46. The zero-order valence-corrected chi connectivity index (χ0v) is 10.6. The molecule has 1 aliphatic carbocycles. The molecule has 0 aromatic heterocycles. The third-order valence-electron chi connectivity index (χ3n) is 4.05. The van der Waals surface area contributed by atoms with Gasteiger partial charge in [0.25, 0.3) is 0 Å². The predicted molar refractivity (Wildman–Crippen MR) is 66.9 cm³/mol. The first-order valence-corrected chi connectivity index (χ1v) is 6.27. The van der Waals surface area contributed by atoms with E-state index < -0.39 is 0 Å². The van der Waals surface area contributed by atoms with Crippen molar-refractivity contribution in [2.45, 2.75) is 45.6 Å². The standard InChI is InChI=1S/C11H20N2.C2H6/c1-9-3-4-10(12)11(9)5-7-13(2)8-6-11;1-2/h10H,1,3-8,12H2,2H3;1-2H3. The molecular formula is C13H26N2. The van der Waals surface area contributed by atoms with E-state index in [0.717, 1.165) is 12.8 Å². The molecule has 2 nitrogen and oxygen atoms in total. The van der Waals surface area contributed by atoms with Crippen LogP contribution in [0.3, 0.4) is 0 Å². The molecule has 2 fully saturated rings. The Kier molecular flexibility index (Phi) is 4.35. The van der Waals surface area contributed by atoms with Gasteiger partial charge in [0.2, 0.25) is 0 Å². The molecule has 1 heterocycles. The summed E-state index contributed by atoms with van der Waals surface area (Å²) in [5.74, 6) is 0. The zero-order chi connectivity index (χ0) is 11.5. The first-order valence-electron chi connectivity index (χ1n) is 6.27. The maximum Gasteiger partial charge on any atom is 0.0137 e. The number of hydrogen-bond acceptors (Lipinski definition) is 2. The third kappa shape index (κ3) is 2.26. The van der Waals surface area contributed by atoms with Gasteiger partial charge in [0, 0.05) is 11.5 Å². The molecule has 2 N–H and O–H groups in total. The van der Waals surface area contributed by atoms with Crippen molar-refractivity contribution in [2.75, 3.05) is 20.1 Å². The van der Waals surface area contributed by atoms with Gasteiger partial charge < -0.3 is 10.6 Å². The fourth-order valence-corrected chi connectivity index (χ4v) is 2.86. The molecule has 0 aromatic carbocycles. The van der Waals surface area contributed by atoms with Crippen molar-refractivity contribution < 1.29 is 0 Å². The van der Waals surface area contributed by atoms with Crippen LogP contribution in [-0.4, -0.2) is 31.1 Å². The number of nitrogens with zero attached hydrogens (tertiary/aromatic N) is 1. The maximum absolute atomic E-state index is 6.20. The Morgan fingerprint density at radius 1 is 1.33 bits per heavy atom. The molecule has 0 aromatic rings. The van der Waals surface area contributed by atoms with E-state index >= 15 is 0 Å². The van der Waals surface area contributed by atoms with Gasteiger partial charge >= 0.3 is 0 Å². The minimum Gasteiger partial charge on any atom is -0.327 e. The largest absolute Gasteiger partial charge is 0.327 e. The van der Waals surface area contributed by atoms with Crippen molar-refractivity contribution in [3.8, 4) is 0 Å². The smallest absolute Gasteiger partial charge is 0.0137 e. The van der Waals surface area contributed by atoms with E-state index in [0.29, 0.717) is 11.5 Å². The van der Waals surface area contributed by atoms with Crippen LogP contribution < -0.4 is 5.73 Å². The Morgan fingerprint density at radius 3 is 2.27 bits per heavy atom. The Bertz CT molecular complexity index is 215. The number of likely N-dealkylation sites (tertiary alicyclic amines) is 1. The van der Waals surface area contributed by atoms with Crippen LogP contribution in [0.5, 0.6) is 0 Å². The molecule has 15 heavy (non-hydrogen) atoms. The van der Waals surface area contributed by atoms with Gasteiger partial charge in [0.05, 0.1) is 0 Å². The Hall–Kier alpha value is -0.340. The van der Waals surface area contributed by atoms with Crippen molar-refractivity contribution >= 4 is 0 Å². The van der Waals surface area contributed by atoms with Crippen molar-refractivity contribution in [3.05, 3.63) is 12.2 Å². The van der Waals surface area contributed by atoms with Gasteiger partial charge in [-0.3, -0.25) is 0 Å². The molecule has 0 amide bonds. The predicted octanol–water partition coefficient (Wildman–Crippen LogP) is 2.40. The second-order valence-corrected chi connectivity index (χ2v) is 4.71. The fourth-order valence-electron chi connectivity index (χ4n) is 2.86. The summed E-state index contributed by atoms with van der Waals surface area (Å²) in [5, 5.41) is 0. The highest BCUT2D eigenvalue weighted by atomic mass is 15.1. The molecule has 2 heteroatoms. The van der Waals surface area contributed by atoms with Gasteiger partial charge in [-0.1, -0.05) is 26.0 Å². The molecule has 1 spiro atoms. The van der Waals surface area contributed by atoms with E-state index in [4.69, 9.17) is 5.73 Å². The molecule has 1 saturated heterocycles. The third-order valence-corrected chi connectivity index (χ3v) is 4.05. The summed E-state index contributed by atoms with van der Waals surface area (Å²) in [5.41, 5.74) is 7.94. The van der Waals surface area contributed by atoms with Crippen molar-refractivity contribution in [2.24, 2.45) is 11.1 Å². The Balaban J connectivity index is 0.000000531. The number of hydrogen-bond donors (Lipinski definition) is 1. The summed E-state index contributed by atoms with van der Waals surface area (Å²) < 4.78 is 0. The Morgan fingerprint density at radius 2 is 1.87 bits per heavy atom. The van der Waals surface area contributed by atoms with Crippen LogP contribution in [-0.2, 0) is 0 Å². The SMILES string of the molecule is C=C1CCC(N)C12CCN(C)CC2.CC. The van der Waals surface area contributed by atoms with E-state index in [9.17, 15) is 0 Å². The maximum atomic E-state index is 6.20. The minimum atomic E-state index is 0.312. The Labute approximate surface area is 94.5 Å². The average Bonchev–Trinajstić information content (AvgIpc) is 2.54. The molecule has 88 valence electrons. The summed E-state index contributed by atoms with van der Waals surface area (Å²) in [7, 11) is 2.19. The van der Waals surface area contributed by atoms with E-state index in [-0.39, 0.29) is 0 Å². The molecule has 1 saturated carbocycles. The number of piperidine rings is 1. The van der Waals surface area contributed by atoms with E-state index in [1.54, 1.807) is 0 Å². The summed E-state index contributed by atoms with van der Waals surface area (Å²) in [4.78, 5) is 2.39. The topological polar surface area (TPSA) is 29.3 Å². The summed E-state index contributed by atoms with van der Waals surface area (Å²) in [6, 6.07) is 0.383. The van der Waals surface area contributed by atoms with E-state index in [2.05, 4.69) is 18.5 Å². The average molecular weight is 210 g/mol. The molecule has 1 aliphatic heterocycles. The second-order valence-electron chi connectivity index (χ2n) is 4.71. The van der Waals surface area contributed by atoms with Crippen molar-refractivity contribution in [3.63, 3.8) is 0 Å².